The van der Waals surface area contributed by atoms with Crippen molar-refractivity contribution >= 4 is 29.2 Å². The number of hydrogen-bond donors (Lipinski definition) is 2. The number of nitrogens with zero attached hydrogens (tertiary/aromatic N) is 1. The second-order valence-corrected chi connectivity index (χ2v) is 7.18. The number of fused-ring (bicyclic) bond motifs is 3. The zero-order chi connectivity index (χ0) is 18.7. The predicted octanol–water partition coefficient (Wildman–Crippen LogP) is 1.93. The predicted molar refractivity (Wildman–Crippen MR) is 98.2 cm³/mol. The molecule has 1 atom stereocenters. The maximum Gasteiger partial charge on any atom is 0.338 e. The van der Waals surface area contributed by atoms with E-state index in [0.717, 1.165) is 31.5 Å². The van der Waals surface area contributed by atoms with Crippen LogP contribution in [0.1, 0.15) is 43.5 Å². The first-order chi connectivity index (χ1) is 12.5. The summed E-state index contributed by atoms with van der Waals surface area (Å²) in [5, 5.41) is 5.58. The van der Waals surface area contributed by atoms with Crippen molar-refractivity contribution in [3.63, 3.8) is 0 Å². The number of amides is 2. The van der Waals surface area contributed by atoms with Crippen molar-refractivity contribution in [3.8, 4) is 0 Å². The minimum atomic E-state index is -0.579. The molecule has 2 heterocycles. The first-order valence-electron chi connectivity index (χ1n) is 9.11. The standard InChI is InChI=1S/C19H25N3O4/c1-12(2)7-8-20-17(23)11-26-19(25)13-5-6-15-14(10-13)21-18(24)16-4-3-9-22(15)16/h5-6,10,12,16H,3-4,7-9,11H2,1-2H3,(H,20,23)(H,21,24)/t16-/m0/s1. The Morgan fingerprint density at radius 3 is 2.96 bits per heavy atom. The van der Waals surface area contributed by atoms with Gasteiger partial charge in [-0.3, -0.25) is 9.59 Å². The fraction of sp³-hybridized carbons (Fsp3) is 0.526. The lowest BCUT2D eigenvalue weighted by Gasteiger charge is -2.33. The molecule has 0 aliphatic carbocycles. The van der Waals surface area contributed by atoms with Crippen molar-refractivity contribution in [2.45, 2.75) is 39.2 Å². The van der Waals surface area contributed by atoms with Gasteiger partial charge in [0.15, 0.2) is 6.61 Å². The molecule has 0 saturated carbocycles. The number of benzene rings is 1. The van der Waals surface area contributed by atoms with Gasteiger partial charge in [0.1, 0.15) is 6.04 Å². The van der Waals surface area contributed by atoms with Gasteiger partial charge >= 0.3 is 5.97 Å². The van der Waals surface area contributed by atoms with Gasteiger partial charge in [0.25, 0.3) is 5.91 Å². The molecule has 0 bridgehead atoms. The number of ether oxygens (including phenoxy) is 1. The van der Waals surface area contributed by atoms with Crippen molar-refractivity contribution in [2.24, 2.45) is 5.92 Å². The quantitative estimate of drug-likeness (QED) is 0.758. The molecule has 0 aromatic heterocycles. The SMILES string of the molecule is CC(C)CCNC(=O)COC(=O)c1ccc2c(c1)NC(=O)[C@@H]1CCCN21. The van der Waals surface area contributed by atoms with E-state index in [1.807, 2.05) is 6.07 Å². The van der Waals surface area contributed by atoms with Crippen molar-refractivity contribution in [2.75, 3.05) is 29.9 Å². The third kappa shape index (κ3) is 3.98. The molecule has 1 aromatic carbocycles. The second kappa shape index (κ2) is 7.76. The summed E-state index contributed by atoms with van der Waals surface area (Å²) in [4.78, 5) is 38.1. The van der Waals surface area contributed by atoms with Crippen LogP contribution >= 0.6 is 0 Å². The van der Waals surface area contributed by atoms with Gasteiger partial charge in [-0.25, -0.2) is 4.79 Å². The van der Waals surface area contributed by atoms with Gasteiger partial charge in [-0.1, -0.05) is 13.8 Å². The number of nitrogens with one attached hydrogen (secondary N) is 2. The summed E-state index contributed by atoms with van der Waals surface area (Å²) < 4.78 is 5.07. The molecule has 26 heavy (non-hydrogen) atoms. The summed E-state index contributed by atoms with van der Waals surface area (Å²) in [7, 11) is 0. The number of esters is 1. The van der Waals surface area contributed by atoms with E-state index < -0.39 is 5.97 Å². The molecule has 7 nitrogen and oxygen atoms in total. The second-order valence-electron chi connectivity index (χ2n) is 7.18. The van der Waals surface area contributed by atoms with Crippen LogP contribution in [0.2, 0.25) is 0 Å². The molecule has 140 valence electrons. The van der Waals surface area contributed by atoms with Crippen LogP contribution in [0.4, 0.5) is 11.4 Å². The number of rotatable bonds is 6. The van der Waals surface area contributed by atoms with Crippen LogP contribution < -0.4 is 15.5 Å². The van der Waals surface area contributed by atoms with Crippen LogP contribution in [0.25, 0.3) is 0 Å². The van der Waals surface area contributed by atoms with E-state index in [4.69, 9.17) is 4.74 Å². The van der Waals surface area contributed by atoms with Crippen LogP contribution in [0.3, 0.4) is 0 Å². The summed E-state index contributed by atoms with van der Waals surface area (Å²) in [5.41, 5.74) is 1.86. The average Bonchev–Trinajstić information content (AvgIpc) is 3.09. The third-order valence-electron chi connectivity index (χ3n) is 4.73. The van der Waals surface area contributed by atoms with E-state index in [1.165, 1.54) is 0 Å². The lowest BCUT2D eigenvalue weighted by molar-refractivity contribution is -0.124. The van der Waals surface area contributed by atoms with E-state index in [-0.39, 0.29) is 24.5 Å². The fourth-order valence-corrected chi connectivity index (χ4v) is 3.32. The summed E-state index contributed by atoms with van der Waals surface area (Å²) in [5.74, 6) is -0.432. The fourth-order valence-electron chi connectivity index (χ4n) is 3.32. The van der Waals surface area contributed by atoms with Crippen molar-refractivity contribution < 1.29 is 19.1 Å². The molecule has 2 aliphatic heterocycles. The summed E-state index contributed by atoms with van der Waals surface area (Å²) in [6.07, 6.45) is 2.70. The van der Waals surface area contributed by atoms with E-state index in [9.17, 15) is 14.4 Å². The lowest BCUT2D eigenvalue weighted by Crippen LogP contribution is -2.43. The largest absolute Gasteiger partial charge is 0.452 e. The van der Waals surface area contributed by atoms with E-state index in [0.29, 0.717) is 23.7 Å². The Bertz CT molecular complexity index is 717. The minimum Gasteiger partial charge on any atom is -0.452 e. The lowest BCUT2D eigenvalue weighted by atomic mass is 10.1. The molecule has 0 unspecified atom stereocenters. The van der Waals surface area contributed by atoms with Gasteiger partial charge < -0.3 is 20.3 Å². The van der Waals surface area contributed by atoms with Crippen LogP contribution in [-0.2, 0) is 14.3 Å². The average molecular weight is 359 g/mol. The maximum absolute atomic E-state index is 12.2. The molecule has 2 N–H and O–H groups in total. The third-order valence-corrected chi connectivity index (χ3v) is 4.73. The molecule has 1 aromatic rings. The Balaban J connectivity index is 1.58. The van der Waals surface area contributed by atoms with E-state index in [2.05, 4.69) is 29.4 Å². The zero-order valence-electron chi connectivity index (χ0n) is 15.2. The Hall–Kier alpha value is -2.57. The van der Waals surface area contributed by atoms with Crippen LogP contribution in [-0.4, -0.2) is 43.5 Å². The summed E-state index contributed by atoms with van der Waals surface area (Å²) in [6.45, 7) is 5.24. The molecular weight excluding hydrogens is 334 g/mol. The molecule has 7 heteroatoms. The van der Waals surface area contributed by atoms with Crippen LogP contribution in [0.5, 0.6) is 0 Å². The van der Waals surface area contributed by atoms with Gasteiger partial charge in [-0.05, 0) is 43.4 Å². The van der Waals surface area contributed by atoms with Crippen LogP contribution in [0, 0.1) is 5.92 Å². The number of hydrogen-bond acceptors (Lipinski definition) is 5. The molecular formula is C19H25N3O4. The molecule has 0 radical (unpaired) electrons. The van der Waals surface area contributed by atoms with Crippen LogP contribution in [0.15, 0.2) is 18.2 Å². The Morgan fingerprint density at radius 1 is 1.38 bits per heavy atom. The molecule has 1 fully saturated rings. The Labute approximate surface area is 153 Å². The molecule has 1 saturated heterocycles. The topological polar surface area (TPSA) is 87.7 Å². The molecule has 2 aliphatic rings. The Morgan fingerprint density at radius 2 is 2.19 bits per heavy atom. The van der Waals surface area contributed by atoms with Gasteiger partial charge in [0.2, 0.25) is 5.91 Å². The maximum atomic E-state index is 12.2. The van der Waals surface area contributed by atoms with E-state index >= 15 is 0 Å². The number of carbonyl (C=O) groups is 3. The molecule has 3 rings (SSSR count). The van der Waals surface area contributed by atoms with Gasteiger partial charge in [-0.2, -0.15) is 0 Å². The highest BCUT2D eigenvalue weighted by Gasteiger charge is 2.36. The highest BCUT2D eigenvalue weighted by Crippen LogP contribution is 2.37. The number of carbonyl (C=O) groups excluding carboxylic acids is 3. The normalized spacial score (nSPS) is 18.2. The van der Waals surface area contributed by atoms with Gasteiger partial charge in [0, 0.05) is 13.1 Å². The number of anilines is 2. The summed E-state index contributed by atoms with van der Waals surface area (Å²) >= 11 is 0. The minimum absolute atomic E-state index is 0.0370. The van der Waals surface area contributed by atoms with Crippen molar-refractivity contribution in [3.05, 3.63) is 23.8 Å². The highest BCUT2D eigenvalue weighted by molar-refractivity contribution is 6.05. The van der Waals surface area contributed by atoms with Crippen molar-refractivity contribution in [1.82, 2.24) is 5.32 Å². The molecule has 0 spiro atoms. The van der Waals surface area contributed by atoms with Gasteiger partial charge in [0.05, 0.1) is 16.9 Å². The highest BCUT2D eigenvalue weighted by atomic mass is 16.5. The monoisotopic (exact) mass is 359 g/mol. The Kier molecular flexibility index (Phi) is 5.44. The van der Waals surface area contributed by atoms with E-state index in [1.54, 1.807) is 12.1 Å². The zero-order valence-corrected chi connectivity index (χ0v) is 15.2. The molecule has 2 amide bonds. The summed E-state index contributed by atoms with van der Waals surface area (Å²) in [6, 6.07) is 4.99. The first-order valence-corrected chi connectivity index (χ1v) is 9.11. The van der Waals surface area contributed by atoms with Crippen molar-refractivity contribution in [1.29, 1.82) is 0 Å². The smallest absolute Gasteiger partial charge is 0.338 e. The first kappa shape index (κ1) is 18.2. The van der Waals surface area contributed by atoms with Gasteiger partial charge in [-0.15, -0.1) is 0 Å².